The fraction of sp³-hybridized carbons (Fsp3) is 0.556. The molecule has 2 N–H and O–H groups in total. The molecular formula is C9H16N4O. The number of aromatic nitrogens is 2. The van der Waals surface area contributed by atoms with Crippen molar-refractivity contribution in [3.8, 4) is 0 Å². The molecule has 1 aromatic heterocycles. The molecule has 78 valence electrons. The molecule has 1 unspecified atom stereocenters. The minimum Gasteiger partial charge on any atom is -0.357 e. The first-order valence-electron chi connectivity index (χ1n) is 4.57. The van der Waals surface area contributed by atoms with Gasteiger partial charge in [0.25, 0.3) is 0 Å². The van der Waals surface area contributed by atoms with Gasteiger partial charge in [0.1, 0.15) is 6.04 Å². The van der Waals surface area contributed by atoms with Crippen LogP contribution in [0.3, 0.4) is 0 Å². The summed E-state index contributed by atoms with van der Waals surface area (Å²) >= 11 is 0. The molecule has 0 aliphatic rings. The van der Waals surface area contributed by atoms with Gasteiger partial charge in [0.05, 0.1) is 12.0 Å². The quantitative estimate of drug-likeness (QED) is 0.707. The van der Waals surface area contributed by atoms with E-state index in [9.17, 15) is 4.79 Å². The standard InChI is InChI=1S/C9H16N4O/c1-7(9(14)11-3)13-6-12-5-8(13)4-10-2/h5-7,10H,4H2,1-3H3,(H,11,14). The fourth-order valence-corrected chi connectivity index (χ4v) is 1.33. The van der Waals surface area contributed by atoms with E-state index < -0.39 is 0 Å². The van der Waals surface area contributed by atoms with Crippen LogP contribution in [0.2, 0.25) is 0 Å². The topological polar surface area (TPSA) is 59.0 Å². The van der Waals surface area contributed by atoms with Gasteiger partial charge in [-0.05, 0) is 14.0 Å². The molecule has 1 rings (SSSR count). The van der Waals surface area contributed by atoms with E-state index in [-0.39, 0.29) is 11.9 Å². The molecule has 0 radical (unpaired) electrons. The third kappa shape index (κ3) is 2.11. The van der Waals surface area contributed by atoms with Gasteiger partial charge in [-0.25, -0.2) is 4.98 Å². The summed E-state index contributed by atoms with van der Waals surface area (Å²) in [5.41, 5.74) is 1.00. The third-order valence-corrected chi connectivity index (χ3v) is 2.15. The van der Waals surface area contributed by atoms with E-state index in [0.29, 0.717) is 6.54 Å². The summed E-state index contributed by atoms with van der Waals surface area (Å²) in [6.45, 7) is 2.56. The first-order chi connectivity index (χ1) is 6.70. The van der Waals surface area contributed by atoms with Crippen LogP contribution in [0, 0.1) is 0 Å². The van der Waals surface area contributed by atoms with E-state index in [1.165, 1.54) is 0 Å². The van der Waals surface area contributed by atoms with Gasteiger partial charge in [-0.3, -0.25) is 4.79 Å². The average molecular weight is 196 g/mol. The summed E-state index contributed by atoms with van der Waals surface area (Å²) in [7, 11) is 3.50. The Labute approximate surface area is 83.5 Å². The van der Waals surface area contributed by atoms with Crippen molar-refractivity contribution in [1.82, 2.24) is 20.2 Å². The third-order valence-electron chi connectivity index (χ3n) is 2.15. The molecule has 1 amide bonds. The number of rotatable bonds is 4. The van der Waals surface area contributed by atoms with Crippen LogP contribution in [0.5, 0.6) is 0 Å². The highest BCUT2D eigenvalue weighted by atomic mass is 16.2. The van der Waals surface area contributed by atoms with E-state index in [1.807, 2.05) is 18.5 Å². The highest BCUT2D eigenvalue weighted by Crippen LogP contribution is 2.09. The number of nitrogens with one attached hydrogen (secondary N) is 2. The molecule has 14 heavy (non-hydrogen) atoms. The second-order valence-corrected chi connectivity index (χ2v) is 3.11. The number of carbonyl (C=O) groups excluding carboxylic acids is 1. The maximum atomic E-state index is 11.4. The molecule has 1 aromatic rings. The maximum Gasteiger partial charge on any atom is 0.242 e. The average Bonchev–Trinajstić information content (AvgIpc) is 2.64. The van der Waals surface area contributed by atoms with Crippen molar-refractivity contribution in [3.63, 3.8) is 0 Å². The zero-order valence-electron chi connectivity index (χ0n) is 8.74. The fourth-order valence-electron chi connectivity index (χ4n) is 1.33. The number of hydrogen-bond donors (Lipinski definition) is 2. The van der Waals surface area contributed by atoms with Gasteiger partial charge in [-0.2, -0.15) is 0 Å². The Bertz CT molecular complexity index is 308. The van der Waals surface area contributed by atoms with Crippen molar-refractivity contribution in [2.75, 3.05) is 14.1 Å². The van der Waals surface area contributed by atoms with Crippen molar-refractivity contribution in [1.29, 1.82) is 0 Å². The van der Waals surface area contributed by atoms with Gasteiger partial charge < -0.3 is 15.2 Å². The summed E-state index contributed by atoms with van der Waals surface area (Å²) in [6.07, 6.45) is 3.43. The molecule has 5 heteroatoms. The summed E-state index contributed by atoms with van der Waals surface area (Å²) in [4.78, 5) is 15.4. The Morgan fingerprint density at radius 1 is 1.64 bits per heavy atom. The van der Waals surface area contributed by atoms with Gasteiger partial charge in [0.2, 0.25) is 5.91 Å². The van der Waals surface area contributed by atoms with E-state index in [4.69, 9.17) is 0 Å². The Balaban J connectivity index is 2.83. The zero-order chi connectivity index (χ0) is 10.6. The Morgan fingerprint density at radius 3 is 2.93 bits per heavy atom. The first kappa shape index (κ1) is 10.7. The molecule has 1 atom stereocenters. The van der Waals surface area contributed by atoms with Crippen LogP contribution in [0.15, 0.2) is 12.5 Å². The lowest BCUT2D eigenvalue weighted by Gasteiger charge is -2.14. The van der Waals surface area contributed by atoms with E-state index in [0.717, 1.165) is 5.69 Å². The predicted molar refractivity (Wildman–Crippen MR) is 53.8 cm³/mol. The largest absolute Gasteiger partial charge is 0.357 e. The lowest BCUT2D eigenvalue weighted by Crippen LogP contribution is -2.28. The number of carbonyl (C=O) groups is 1. The van der Waals surface area contributed by atoms with E-state index in [1.54, 1.807) is 19.6 Å². The highest BCUT2D eigenvalue weighted by molar-refractivity contribution is 5.79. The molecule has 0 saturated heterocycles. The van der Waals surface area contributed by atoms with Gasteiger partial charge in [-0.1, -0.05) is 0 Å². The van der Waals surface area contributed by atoms with Crippen molar-refractivity contribution < 1.29 is 4.79 Å². The molecule has 1 heterocycles. The number of likely N-dealkylation sites (N-methyl/N-ethyl adjacent to an activating group) is 1. The Morgan fingerprint density at radius 2 is 2.36 bits per heavy atom. The van der Waals surface area contributed by atoms with Gasteiger partial charge >= 0.3 is 0 Å². The van der Waals surface area contributed by atoms with Crippen molar-refractivity contribution in [2.45, 2.75) is 19.5 Å². The Kier molecular flexibility index (Phi) is 3.64. The molecule has 0 fully saturated rings. The normalized spacial score (nSPS) is 12.5. The van der Waals surface area contributed by atoms with Crippen molar-refractivity contribution in [3.05, 3.63) is 18.2 Å². The van der Waals surface area contributed by atoms with Crippen LogP contribution < -0.4 is 10.6 Å². The molecule has 5 nitrogen and oxygen atoms in total. The molecule has 0 aromatic carbocycles. The van der Waals surface area contributed by atoms with Crippen LogP contribution >= 0.6 is 0 Å². The predicted octanol–water partition coefficient (Wildman–Crippen LogP) is -0.0905. The van der Waals surface area contributed by atoms with E-state index in [2.05, 4.69) is 15.6 Å². The minimum absolute atomic E-state index is 0.0136. The molecule has 0 spiro atoms. The van der Waals surface area contributed by atoms with Crippen LogP contribution in [0.25, 0.3) is 0 Å². The van der Waals surface area contributed by atoms with Gasteiger partial charge in [-0.15, -0.1) is 0 Å². The SMILES string of the molecule is CNCc1cncn1C(C)C(=O)NC. The number of nitrogens with zero attached hydrogens (tertiary/aromatic N) is 2. The van der Waals surface area contributed by atoms with Crippen LogP contribution in [-0.4, -0.2) is 29.6 Å². The Hall–Kier alpha value is -1.36. The maximum absolute atomic E-state index is 11.4. The molecule has 0 aliphatic heterocycles. The van der Waals surface area contributed by atoms with E-state index >= 15 is 0 Å². The van der Waals surface area contributed by atoms with Crippen LogP contribution in [-0.2, 0) is 11.3 Å². The zero-order valence-corrected chi connectivity index (χ0v) is 8.74. The minimum atomic E-state index is -0.217. The van der Waals surface area contributed by atoms with Crippen molar-refractivity contribution >= 4 is 5.91 Å². The lowest BCUT2D eigenvalue weighted by molar-refractivity contribution is -0.123. The molecular weight excluding hydrogens is 180 g/mol. The van der Waals surface area contributed by atoms with Crippen molar-refractivity contribution in [2.24, 2.45) is 0 Å². The summed E-state index contributed by atoms with van der Waals surface area (Å²) < 4.78 is 1.86. The molecule has 0 aliphatic carbocycles. The number of hydrogen-bond acceptors (Lipinski definition) is 3. The summed E-state index contributed by atoms with van der Waals surface area (Å²) in [5.74, 6) is -0.0136. The molecule has 0 saturated carbocycles. The summed E-state index contributed by atoms with van der Waals surface area (Å²) in [5, 5.41) is 5.64. The second kappa shape index (κ2) is 4.76. The monoisotopic (exact) mass is 196 g/mol. The van der Waals surface area contributed by atoms with Gasteiger partial charge in [0, 0.05) is 19.8 Å². The highest BCUT2D eigenvalue weighted by Gasteiger charge is 2.15. The summed E-state index contributed by atoms with van der Waals surface area (Å²) in [6, 6.07) is -0.217. The van der Waals surface area contributed by atoms with Gasteiger partial charge in [0.15, 0.2) is 0 Å². The number of imidazole rings is 1. The van der Waals surface area contributed by atoms with Crippen LogP contribution in [0.4, 0.5) is 0 Å². The smallest absolute Gasteiger partial charge is 0.242 e. The lowest BCUT2D eigenvalue weighted by atomic mass is 10.3. The van der Waals surface area contributed by atoms with Crippen LogP contribution in [0.1, 0.15) is 18.7 Å². The number of amides is 1. The first-order valence-corrected chi connectivity index (χ1v) is 4.57. The second-order valence-electron chi connectivity index (χ2n) is 3.11. The molecule has 0 bridgehead atoms.